The van der Waals surface area contributed by atoms with Crippen molar-refractivity contribution in [2.75, 3.05) is 11.5 Å². The highest BCUT2D eigenvalue weighted by Crippen LogP contribution is 2.27. The van der Waals surface area contributed by atoms with Crippen LogP contribution < -0.4 is 11.5 Å². The third kappa shape index (κ3) is 2.21. The Bertz CT molecular complexity index is 483. The molecular weight excluding hydrogens is 212 g/mol. The molecule has 4 N–H and O–H groups in total. The molecule has 0 atom stereocenters. The maximum atomic E-state index is 5.58. The zero-order chi connectivity index (χ0) is 10.8. The molecule has 0 aromatic carbocycles. The number of aryl methyl sites for hydroxylation is 1. The minimum absolute atomic E-state index is 0.322. The second-order valence-corrected chi connectivity index (χ2v) is 3.95. The monoisotopic (exact) mass is 222 g/mol. The predicted molar refractivity (Wildman–Crippen MR) is 58.4 cm³/mol. The van der Waals surface area contributed by atoms with Crippen molar-refractivity contribution in [3.63, 3.8) is 0 Å². The first-order valence-electron chi connectivity index (χ1n) is 4.27. The molecule has 0 bridgehead atoms. The minimum Gasteiger partial charge on any atom is -0.439 e. The molecule has 0 unspecified atom stereocenters. The molecule has 0 aliphatic carbocycles. The number of hydrogen-bond donors (Lipinski definition) is 2. The molecule has 0 saturated carbocycles. The van der Waals surface area contributed by atoms with Gasteiger partial charge in [-0.1, -0.05) is 0 Å². The molecule has 5 nitrogen and oxygen atoms in total. The molecule has 78 valence electrons. The van der Waals surface area contributed by atoms with Gasteiger partial charge in [-0.3, -0.25) is 0 Å². The summed E-state index contributed by atoms with van der Waals surface area (Å²) in [5.41, 5.74) is 12.4. The van der Waals surface area contributed by atoms with E-state index in [0.717, 1.165) is 5.69 Å². The lowest BCUT2D eigenvalue weighted by molar-refractivity contribution is 0.454. The van der Waals surface area contributed by atoms with Crippen molar-refractivity contribution in [1.82, 2.24) is 9.97 Å². The highest BCUT2D eigenvalue weighted by atomic mass is 32.2. The Morgan fingerprint density at radius 3 is 2.67 bits per heavy atom. The lowest BCUT2D eigenvalue weighted by atomic mass is 10.4. The zero-order valence-electron chi connectivity index (χ0n) is 8.10. The lowest BCUT2D eigenvalue weighted by Gasteiger charge is -2.00. The molecule has 2 rings (SSSR count). The van der Waals surface area contributed by atoms with Crippen molar-refractivity contribution >= 4 is 23.3 Å². The second-order valence-electron chi connectivity index (χ2n) is 2.98. The van der Waals surface area contributed by atoms with Crippen molar-refractivity contribution in [2.24, 2.45) is 0 Å². The predicted octanol–water partition coefficient (Wildman–Crippen LogP) is 1.69. The molecule has 0 saturated heterocycles. The highest BCUT2D eigenvalue weighted by molar-refractivity contribution is 7.99. The maximum absolute atomic E-state index is 5.58. The van der Waals surface area contributed by atoms with E-state index < -0.39 is 0 Å². The lowest BCUT2D eigenvalue weighted by Crippen LogP contribution is -1.97. The summed E-state index contributed by atoms with van der Waals surface area (Å²) >= 11 is 1.31. The van der Waals surface area contributed by atoms with Crippen molar-refractivity contribution in [3.05, 3.63) is 24.1 Å². The molecule has 0 aliphatic rings. The van der Waals surface area contributed by atoms with Crippen molar-refractivity contribution in [3.8, 4) is 0 Å². The summed E-state index contributed by atoms with van der Waals surface area (Å²) < 4.78 is 5.18. The first-order valence-corrected chi connectivity index (χ1v) is 5.09. The fraction of sp³-hybridized carbons (Fsp3) is 0.111. The number of anilines is 2. The quantitative estimate of drug-likeness (QED) is 0.803. The number of nitrogens with two attached hydrogens (primary N) is 2. The molecule has 0 aliphatic heterocycles. The average Bonchev–Trinajstić information content (AvgIpc) is 2.58. The first kappa shape index (κ1) is 9.85. The van der Waals surface area contributed by atoms with Gasteiger partial charge in [0.15, 0.2) is 0 Å². The average molecular weight is 222 g/mol. The van der Waals surface area contributed by atoms with Gasteiger partial charge in [-0.25, -0.2) is 9.97 Å². The van der Waals surface area contributed by atoms with Gasteiger partial charge < -0.3 is 15.9 Å². The number of pyridine rings is 1. The van der Waals surface area contributed by atoms with Crippen LogP contribution in [0.25, 0.3) is 0 Å². The van der Waals surface area contributed by atoms with E-state index in [1.54, 1.807) is 18.4 Å². The third-order valence-corrected chi connectivity index (χ3v) is 2.52. The van der Waals surface area contributed by atoms with Crippen LogP contribution in [0.1, 0.15) is 5.69 Å². The Labute approximate surface area is 90.9 Å². The largest absolute Gasteiger partial charge is 0.439 e. The summed E-state index contributed by atoms with van der Waals surface area (Å²) in [6.07, 6.45) is 1.59. The van der Waals surface area contributed by atoms with E-state index >= 15 is 0 Å². The van der Waals surface area contributed by atoms with E-state index in [0.29, 0.717) is 21.8 Å². The summed E-state index contributed by atoms with van der Waals surface area (Å²) in [6, 6.07) is 3.48. The SMILES string of the molecule is Cc1coc(Sc2ccc(N)c(N)n2)n1. The normalized spacial score (nSPS) is 10.5. The summed E-state index contributed by atoms with van der Waals surface area (Å²) in [4.78, 5) is 8.24. The van der Waals surface area contributed by atoms with Gasteiger partial charge in [0, 0.05) is 0 Å². The van der Waals surface area contributed by atoms with E-state index in [9.17, 15) is 0 Å². The van der Waals surface area contributed by atoms with E-state index in [1.165, 1.54) is 11.8 Å². The molecule has 0 fully saturated rings. The van der Waals surface area contributed by atoms with Crippen LogP contribution in [0.4, 0.5) is 11.5 Å². The van der Waals surface area contributed by atoms with Crippen LogP contribution in [0.2, 0.25) is 0 Å². The van der Waals surface area contributed by atoms with E-state index in [1.807, 2.05) is 6.92 Å². The number of hydrogen-bond acceptors (Lipinski definition) is 6. The van der Waals surface area contributed by atoms with E-state index in [2.05, 4.69) is 9.97 Å². The number of aromatic nitrogens is 2. The van der Waals surface area contributed by atoms with Crippen molar-refractivity contribution < 1.29 is 4.42 Å². The Morgan fingerprint density at radius 1 is 1.27 bits per heavy atom. The van der Waals surface area contributed by atoms with Gasteiger partial charge >= 0.3 is 0 Å². The molecular formula is C9H10N4OS. The van der Waals surface area contributed by atoms with Gasteiger partial charge in [-0.05, 0) is 30.8 Å². The summed E-state index contributed by atoms with van der Waals surface area (Å²) in [6.45, 7) is 1.86. The highest BCUT2D eigenvalue weighted by Gasteiger charge is 2.06. The molecule has 6 heteroatoms. The smallest absolute Gasteiger partial charge is 0.262 e. The number of rotatable bonds is 2. The number of nitrogens with zero attached hydrogens (tertiary/aromatic N) is 2. The third-order valence-electron chi connectivity index (χ3n) is 1.72. The van der Waals surface area contributed by atoms with Crippen LogP contribution in [-0.2, 0) is 0 Å². The number of oxazole rings is 1. The minimum atomic E-state index is 0.322. The Balaban J connectivity index is 2.21. The van der Waals surface area contributed by atoms with Crippen molar-refractivity contribution in [1.29, 1.82) is 0 Å². The molecule has 2 aromatic heterocycles. The summed E-state index contributed by atoms with van der Waals surface area (Å²) in [7, 11) is 0. The fourth-order valence-corrected chi connectivity index (χ4v) is 1.74. The van der Waals surface area contributed by atoms with E-state index in [-0.39, 0.29) is 0 Å². The van der Waals surface area contributed by atoms with Crippen molar-refractivity contribution in [2.45, 2.75) is 17.2 Å². The molecule has 15 heavy (non-hydrogen) atoms. The van der Waals surface area contributed by atoms with Gasteiger partial charge in [-0.2, -0.15) is 0 Å². The molecule has 2 heterocycles. The summed E-state index contributed by atoms with van der Waals surface area (Å²) in [5, 5.41) is 1.26. The molecule has 0 amide bonds. The molecule has 2 aromatic rings. The van der Waals surface area contributed by atoms with Crippen LogP contribution in [0.15, 0.2) is 33.1 Å². The van der Waals surface area contributed by atoms with Gasteiger partial charge in [-0.15, -0.1) is 0 Å². The second kappa shape index (κ2) is 3.82. The van der Waals surface area contributed by atoms with Crippen LogP contribution >= 0.6 is 11.8 Å². The van der Waals surface area contributed by atoms with Crippen LogP contribution in [0.3, 0.4) is 0 Å². The first-order chi connectivity index (χ1) is 7.15. The Hall–Kier alpha value is -1.69. The summed E-state index contributed by atoms with van der Waals surface area (Å²) in [5.74, 6) is 0.322. The van der Waals surface area contributed by atoms with Gasteiger partial charge in [0.05, 0.1) is 11.4 Å². The standard InChI is InChI=1S/C9H10N4OS/c1-5-4-14-9(12-5)15-7-3-2-6(10)8(11)13-7/h2-4H,10H2,1H3,(H2,11,13). The molecule has 0 radical (unpaired) electrons. The molecule has 0 spiro atoms. The number of nitrogen functional groups attached to an aromatic ring is 2. The van der Waals surface area contributed by atoms with Gasteiger partial charge in [0.1, 0.15) is 17.1 Å². The maximum Gasteiger partial charge on any atom is 0.262 e. The van der Waals surface area contributed by atoms with Crippen LogP contribution in [-0.4, -0.2) is 9.97 Å². The van der Waals surface area contributed by atoms with Gasteiger partial charge in [0.25, 0.3) is 5.22 Å². The van der Waals surface area contributed by atoms with E-state index in [4.69, 9.17) is 15.9 Å². The Morgan fingerprint density at radius 2 is 2.07 bits per heavy atom. The van der Waals surface area contributed by atoms with Crippen LogP contribution in [0, 0.1) is 6.92 Å². The zero-order valence-corrected chi connectivity index (χ0v) is 8.91. The fourth-order valence-electron chi connectivity index (χ4n) is 0.993. The van der Waals surface area contributed by atoms with Gasteiger partial charge in [0.2, 0.25) is 0 Å². The Kier molecular flexibility index (Phi) is 2.51. The van der Waals surface area contributed by atoms with Crippen LogP contribution in [0.5, 0.6) is 0 Å². The topological polar surface area (TPSA) is 91.0 Å².